The van der Waals surface area contributed by atoms with Gasteiger partial charge in [0.25, 0.3) is 0 Å². The minimum absolute atomic E-state index is 0.0635. The van der Waals surface area contributed by atoms with Crippen LogP contribution in [-0.2, 0) is 6.42 Å². The lowest BCUT2D eigenvalue weighted by Crippen LogP contribution is -2.30. The minimum atomic E-state index is -4.33. The summed E-state index contributed by atoms with van der Waals surface area (Å²) < 4.78 is 42.8. The normalized spacial score (nSPS) is 11.1. The Hall–Kier alpha value is -1.87. The van der Waals surface area contributed by atoms with E-state index in [-0.39, 0.29) is 16.7 Å². The molecule has 0 radical (unpaired) electrons. The zero-order valence-electron chi connectivity index (χ0n) is 13.7. The molecule has 2 amide bonds. The van der Waals surface area contributed by atoms with Crippen LogP contribution in [0.5, 0.6) is 5.75 Å². The Morgan fingerprint density at radius 2 is 1.88 bits per heavy atom. The third-order valence-corrected chi connectivity index (χ3v) is 4.62. The number of urea groups is 1. The summed E-state index contributed by atoms with van der Waals surface area (Å²) in [4.78, 5) is 11.9. The highest BCUT2D eigenvalue weighted by atomic mass is 79.9. The molecule has 2 aromatic rings. The molecule has 2 aromatic carbocycles. The van der Waals surface area contributed by atoms with Crippen molar-refractivity contribution in [2.45, 2.75) is 16.8 Å². The van der Waals surface area contributed by atoms with Gasteiger partial charge >= 0.3 is 11.5 Å². The Morgan fingerprint density at radius 3 is 2.46 bits per heavy atom. The Balaban J connectivity index is 1.79. The number of amides is 2. The van der Waals surface area contributed by atoms with Crippen molar-refractivity contribution in [1.82, 2.24) is 5.32 Å². The van der Waals surface area contributed by atoms with E-state index in [9.17, 15) is 18.0 Å². The summed E-state index contributed by atoms with van der Waals surface area (Å²) in [6, 6.07) is 10.7. The zero-order chi connectivity index (χ0) is 19.2. The fourth-order valence-corrected chi connectivity index (χ4v) is 3.23. The molecule has 140 valence electrons. The molecule has 9 heteroatoms. The number of hydrogen-bond donors (Lipinski definition) is 2. The summed E-state index contributed by atoms with van der Waals surface area (Å²) in [6.07, 6.45) is 0.622. The first-order valence-electron chi connectivity index (χ1n) is 7.50. The van der Waals surface area contributed by atoms with E-state index >= 15 is 0 Å². The van der Waals surface area contributed by atoms with Crippen molar-refractivity contribution in [3.63, 3.8) is 0 Å². The van der Waals surface area contributed by atoms with Crippen LogP contribution in [0.2, 0.25) is 0 Å². The highest BCUT2D eigenvalue weighted by molar-refractivity contribution is 9.10. The van der Waals surface area contributed by atoms with Crippen LogP contribution in [0, 0.1) is 0 Å². The summed E-state index contributed by atoms with van der Waals surface area (Å²) in [5.41, 5.74) is -2.89. The maximum Gasteiger partial charge on any atom is 0.446 e. The Labute approximate surface area is 161 Å². The fraction of sp³-hybridized carbons (Fsp3) is 0.235. The van der Waals surface area contributed by atoms with Gasteiger partial charge in [0.2, 0.25) is 0 Å². The first-order valence-corrected chi connectivity index (χ1v) is 9.11. The summed E-state index contributed by atoms with van der Waals surface area (Å²) in [6.45, 7) is 0.409. The number of hydrogen-bond acceptors (Lipinski definition) is 3. The third kappa shape index (κ3) is 6.80. The van der Waals surface area contributed by atoms with Gasteiger partial charge in [-0.2, -0.15) is 13.2 Å². The van der Waals surface area contributed by atoms with Gasteiger partial charge in [-0.1, -0.05) is 6.07 Å². The molecule has 0 saturated heterocycles. The number of rotatable bonds is 6. The largest absolute Gasteiger partial charge is 0.496 e. The lowest BCUT2D eigenvalue weighted by atomic mass is 10.1. The molecular weight excluding hydrogens is 433 g/mol. The highest BCUT2D eigenvalue weighted by Gasteiger charge is 2.29. The van der Waals surface area contributed by atoms with E-state index in [4.69, 9.17) is 4.74 Å². The van der Waals surface area contributed by atoms with Gasteiger partial charge < -0.3 is 15.4 Å². The Bertz CT molecular complexity index is 755. The summed E-state index contributed by atoms with van der Waals surface area (Å²) >= 11 is 3.20. The number of alkyl halides is 3. The van der Waals surface area contributed by atoms with Crippen LogP contribution in [0.3, 0.4) is 0 Å². The topological polar surface area (TPSA) is 50.4 Å². The minimum Gasteiger partial charge on any atom is -0.496 e. The quantitative estimate of drug-likeness (QED) is 0.578. The van der Waals surface area contributed by atoms with Crippen LogP contribution in [0.4, 0.5) is 23.7 Å². The second-order valence-electron chi connectivity index (χ2n) is 5.17. The average Bonchev–Trinajstić information content (AvgIpc) is 2.55. The van der Waals surface area contributed by atoms with Crippen molar-refractivity contribution in [3.8, 4) is 5.75 Å². The van der Waals surface area contributed by atoms with Crippen LogP contribution in [0.25, 0.3) is 0 Å². The standard InChI is InChI=1S/C17H16BrF3N2O2S/c1-25-15-7-2-11(10-14(15)18)8-9-22-16(24)23-12-3-5-13(6-4-12)26-17(19,20)21/h2-7,10H,8-9H2,1H3,(H2,22,23,24). The first kappa shape index (κ1) is 20.4. The molecule has 0 bridgehead atoms. The van der Waals surface area contributed by atoms with Crippen molar-refractivity contribution in [1.29, 1.82) is 0 Å². The zero-order valence-corrected chi connectivity index (χ0v) is 16.1. The second-order valence-corrected chi connectivity index (χ2v) is 7.16. The molecule has 0 spiro atoms. The molecule has 2 rings (SSSR count). The number of carbonyl (C=O) groups is 1. The number of benzene rings is 2. The molecule has 0 heterocycles. The Kier molecular flexibility index (Phi) is 7.22. The number of halogens is 4. The van der Waals surface area contributed by atoms with Crippen molar-refractivity contribution in [3.05, 3.63) is 52.5 Å². The van der Waals surface area contributed by atoms with Gasteiger partial charge in [-0.25, -0.2) is 4.79 Å². The maximum atomic E-state index is 12.3. The van der Waals surface area contributed by atoms with E-state index in [1.165, 1.54) is 24.3 Å². The third-order valence-electron chi connectivity index (χ3n) is 3.26. The average molecular weight is 449 g/mol. The smallest absolute Gasteiger partial charge is 0.446 e. The van der Waals surface area contributed by atoms with Gasteiger partial charge in [0.05, 0.1) is 11.6 Å². The van der Waals surface area contributed by atoms with E-state index in [2.05, 4.69) is 26.6 Å². The molecule has 0 saturated carbocycles. The van der Waals surface area contributed by atoms with Gasteiger partial charge in [-0.15, -0.1) is 0 Å². The van der Waals surface area contributed by atoms with Gasteiger partial charge in [0.1, 0.15) is 5.75 Å². The second kappa shape index (κ2) is 9.18. The van der Waals surface area contributed by atoms with Crippen LogP contribution in [0.15, 0.2) is 51.8 Å². The predicted molar refractivity (Wildman–Crippen MR) is 99.8 cm³/mol. The molecule has 2 N–H and O–H groups in total. The molecule has 0 atom stereocenters. The molecular formula is C17H16BrF3N2O2S. The summed E-state index contributed by atoms with van der Waals surface area (Å²) in [5.74, 6) is 0.728. The van der Waals surface area contributed by atoms with E-state index in [0.29, 0.717) is 18.7 Å². The fourth-order valence-electron chi connectivity index (χ4n) is 2.10. The molecule has 0 aliphatic heterocycles. The van der Waals surface area contributed by atoms with Crippen LogP contribution < -0.4 is 15.4 Å². The van der Waals surface area contributed by atoms with E-state index in [1.54, 1.807) is 7.11 Å². The van der Waals surface area contributed by atoms with Crippen molar-refractivity contribution in [2.24, 2.45) is 0 Å². The molecule has 0 unspecified atom stereocenters. The van der Waals surface area contributed by atoms with Crippen molar-refractivity contribution in [2.75, 3.05) is 19.0 Å². The summed E-state index contributed by atoms with van der Waals surface area (Å²) in [5, 5.41) is 5.28. The first-order chi connectivity index (χ1) is 12.3. The van der Waals surface area contributed by atoms with Gasteiger partial charge in [-0.05, 0) is 76.1 Å². The molecule has 0 fully saturated rings. The van der Waals surface area contributed by atoms with Gasteiger partial charge in [0.15, 0.2) is 0 Å². The molecule has 4 nitrogen and oxygen atoms in total. The SMILES string of the molecule is COc1ccc(CCNC(=O)Nc2ccc(SC(F)(F)F)cc2)cc1Br. The lowest BCUT2D eigenvalue weighted by Gasteiger charge is -2.10. The summed E-state index contributed by atoms with van der Waals surface area (Å²) in [7, 11) is 1.58. The van der Waals surface area contributed by atoms with Gasteiger partial charge in [0, 0.05) is 17.1 Å². The van der Waals surface area contributed by atoms with Crippen molar-refractivity contribution < 1.29 is 22.7 Å². The highest BCUT2D eigenvalue weighted by Crippen LogP contribution is 2.37. The number of thioether (sulfide) groups is 1. The number of carbonyl (C=O) groups excluding carboxylic acids is 1. The number of methoxy groups -OCH3 is 1. The van der Waals surface area contributed by atoms with E-state index in [1.807, 2.05) is 18.2 Å². The molecule has 0 aliphatic carbocycles. The van der Waals surface area contributed by atoms with Crippen LogP contribution in [0.1, 0.15) is 5.56 Å². The molecule has 0 aliphatic rings. The lowest BCUT2D eigenvalue weighted by molar-refractivity contribution is -0.0328. The predicted octanol–water partition coefficient (Wildman–Crippen LogP) is 5.43. The van der Waals surface area contributed by atoms with E-state index in [0.717, 1.165) is 15.8 Å². The number of nitrogens with one attached hydrogen (secondary N) is 2. The van der Waals surface area contributed by atoms with Crippen molar-refractivity contribution >= 4 is 39.4 Å². The van der Waals surface area contributed by atoms with Crippen LogP contribution in [-0.4, -0.2) is 25.2 Å². The Morgan fingerprint density at radius 1 is 1.19 bits per heavy atom. The number of anilines is 1. The monoisotopic (exact) mass is 448 g/mol. The number of ether oxygens (including phenoxy) is 1. The van der Waals surface area contributed by atoms with Gasteiger partial charge in [-0.3, -0.25) is 0 Å². The van der Waals surface area contributed by atoms with E-state index < -0.39 is 11.5 Å². The van der Waals surface area contributed by atoms with Crippen LogP contribution >= 0.6 is 27.7 Å². The molecule has 0 aromatic heterocycles. The molecule has 26 heavy (non-hydrogen) atoms. The maximum absolute atomic E-state index is 12.3.